The molecular weight excluding hydrogens is 346 g/mol. The van der Waals surface area contributed by atoms with Gasteiger partial charge < -0.3 is 4.90 Å². The van der Waals surface area contributed by atoms with Gasteiger partial charge in [0.1, 0.15) is 11.4 Å². The van der Waals surface area contributed by atoms with Crippen molar-refractivity contribution in [2.24, 2.45) is 0 Å². The Morgan fingerprint density at radius 3 is 2.45 bits per heavy atom. The summed E-state index contributed by atoms with van der Waals surface area (Å²) >= 11 is 3.31. The fourth-order valence-corrected chi connectivity index (χ4v) is 3.50. The van der Waals surface area contributed by atoms with Crippen LogP contribution in [0, 0.1) is 0 Å². The summed E-state index contributed by atoms with van der Waals surface area (Å²) in [5.74, 6) is -0.297. The second-order valence-electron chi connectivity index (χ2n) is 6.30. The molecule has 0 amide bonds. The molecule has 3 atom stereocenters. The molecule has 1 aliphatic carbocycles. The largest absolute Gasteiger partial charge is 0.361 e. The zero-order chi connectivity index (χ0) is 15.6. The number of rotatable bonds is 3. The molecule has 2 saturated heterocycles. The summed E-state index contributed by atoms with van der Waals surface area (Å²) in [5, 5.41) is 0. The number of fused-ring (bicyclic) bond motifs is 1. The van der Waals surface area contributed by atoms with E-state index in [1.165, 1.54) is 0 Å². The van der Waals surface area contributed by atoms with Gasteiger partial charge in [-0.2, -0.15) is 0 Å². The molecule has 1 aromatic rings. The predicted molar refractivity (Wildman–Crippen MR) is 84.9 cm³/mol. The van der Waals surface area contributed by atoms with Crippen molar-refractivity contribution in [2.75, 3.05) is 13.1 Å². The number of nitrogens with zero attached hydrogens (tertiary/aromatic N) is 3. The molecule has 0 spiro atoms. The van der Waals surface area contributed by atoms with Crippen LogP contribution in [-0.2, 0) is 6.54 Å². The summed E-state index contributed by atoms with van der Waals surface area (Å²) in [6.07, 6.45) is 0. The lowest BCUT2D eigenvalue weighted by molar-refractivity contribution is 0.0963. The highest BCUT2D eigenvalue weighted by atomic mass is 79.9. The summed E-state index contributed by atoms with van der Waals surface area (Å²) in [4.78, 5) is 33.9. The van der Waals surface area contributed by atoms with Crippen LogP contribution in [0.2, 0.25) is 0 Å². The van der Waals surface area contributed by atoms with Gasteiger partial charge in [0, 0.05) is 31.7 Å². The van der Waals surface area contributed by atoms with E-state index in [0.29, 0.717) is 27.8 Å². The maximum atomic E-state index is 12.7. The summed E-state index contributed by atoms with van der Waals surface area (Å²) in [6.45, 7) is 6.80. The molecule has 6 heteroatoms. The highest BCUT2D eigenvalue weighted by Gasteiger charge is 2.42. The van der Waals surface area contributed by atoms with Crippen LogP contribution >= 0.6 is 15.9 Å². The lowest BCUT2D eigenvalue weighted by Crippen LogP contribution is -2.26. The van der Waals surface area contributed by atoms with E-state index in [1.54, 1.807) is 6.07 Å². The van der Waals surface area contributed by atoms with Gasteiger partial charge >= 0.3 is 0 Å². The molecule has 0 aromatic carbocycles. The molecule has 3 unspecified atom stereocenters. The SMILES string of the molecule is CC1CN1Cc1ccc2c(n1)C(=O)C(Br)=C(N1CC1C)C2=O. The summed E-state index contributed by atoms with van der Waals surface area (Å²) in [6, 6.07) is 4.51. The quantitative estimate of drug-likeness (QED) is 0.770. The molecule has 2 fully saturated rings. The molecule has 5 nitrogen and oxygen atoms in total. The van der Waals surface area contributed by atoms with Gasteiger partial charge in [0.05, 0.1) is 15.7 Å². The molecule has 3 aliphatic rings. The Balaban J connectivity index is 1.70. The summed E-state index contributed by atoms with van der Waals surface area (Å²) in [7, 11) is 0. The normalized spacial score (nSPS) is 29.8. The number of allylic oxidation sites excluding steroid dienone is 2. The van der Waals surface area contributed by atoms with Crippen molar-refractivity contribution in [1.29, 1.82) is 0 Å². The van der Waals surface area contributed by atoms with Gasteiger partial charge in [0.15, 0.2) is 0 Å². The molecule has 0 saturated carbocycles. The molecule has 0 N–H and O–H groups in total. The first-order valence-electron chi connectivity index (χ1n) is 7.47. The van der Waals surface area contributed by atoms with Gasteiger partial charge in [0.25, 0.3) is 0 Å². The van der Waals surface area contributed by atoms with Crippen molar-refractivity contribution in [3.05, 3.63) is 39.3 Å². The molecule has 22 heavy (non-hydrogen) atoms. The van der Waals surface area contributed by atoms with Crippen LogP contribution in [0.1, 0.15) is 40.4 Å². The van der Waals surface area contributed by atoms with Crippen LogP contribution in [0.15, 0.2) is 22.3 Å². The Kier molecular flexibility index (Phi) is 3.03. The Morgan fingerprint density at radius 2 is 1.86 bits per heavy atom. The third-order valence-corrected chi connectivity index (χ3v) is 5.27. The van der Waals surface area contributed by atoms with Gasteiger partial charge in [-0.1, -0.05) is 0 Å². The molecule has 0 radical (unpaired) electrons. The maximum absolute atomic E-state index is 12.7. The number of carbonyl (C=O) groups excluding carboxylic acids is 2. The smallest absolute Gasteiger partial charge is 0.221 e. The molecule has 114 valence electrons. The average molecular weight is 362 g/mol. The minimum Gasteiger partial charge on any atom is -0.361 e. The van der Waals surface area contributed by atoms with Crippen LogP contribution in [0.4, 0.5) is 0 Å². The Hall–Kier alpha value is -1.53. The van der Waals surface area contributed by atoms with Crippen LogP contribution in [0.3, 0.4) is 0 Å². The maximum Gasteiger partial charge on any atom is 0.221 e. The van der Waals surface area contributed by atoms with E-state index in [2.05, 4.69) is 32.7 Å². The van der Waals surface area contributed by atoms with E-state index in [1.807, 2.05) is 17.9 Å². The Morgan fingerprint density at radius 1 is 1.18 bits per heavy atom. The van der Waals surface area contributed by atoms with Crippen LogP contribution in [0.5, 0.6) is 0 Å². The minimum atomic E-state index is -0.190. The van der Waals surface area contributed by atoms with E-state index in [-0.39, 0.29) is 17.3 Å². The Bertz CT molecular complexity index is 743. The van der Waals surface area contributed by atoms with Crippen molar-refractivity contribution >= 4 is 27.5 Å². The summed E-state index contributed by atoms with van der Waals surface area (Å²) < 4.78 is 0.346. The zero-order valence-electron chi connectivity index (χ0n) is 12.5. The lowest BCUT2D eigenvalue weighted by atomic mass is 9.96. The second kappa shape index (κ2) is 4.73. The van der Waals surface area contributed by atoms with Gasteiger partial charge in [-0.25, -0.2) is 4.98 Å². The fraction of sp³-hybridized carbons (Fsp3) is 0.438. The van der Waals surface area contributed by atoms with Gasteiger partial charge in [-0.3, -0.25) is 14.5 Å². The lowest BCUT2D eigenvalue weighted by Gasteiger charge is -2.19. The monoisotopic (exact) mass is 361 g/mol. The first-order valence-corrected chi connectivity index (χ1v) is 8.26. The number of Topliss-reactive ketones (excluding diaryl/α,β-unsaturated/α-hetero) is 2. The number of hydrogen-bond acceptors (Lipinski definition) is 5. The van der Waals surface area contributed by atoms with Crippen LogP contribution in [-0.4, -0.2) is 51.5 Å². The second-order valence-corrected chi connectivity index (χ2v) is 7.09. The van der Waals surface area contributed by atoms with Crippen molar-refractivity contribution in [3.63, 3.8) is 0 Å². The summed E-state index contributed by atoms with van der Waals surface area (Å²) in [5.41, 5.74) is 2.03. The van der Waals surface area contributed by atoms with E-state index < -0.39 is 0 Å². The first kappa shape index (κ1) is 14.1. The molecular formula is C16H16BrN3O2. The number of halogens is 1. The topological polar surface area (TPSA) is 53.0 Å². The van der Waals surface area contributed by atoms with E-state index in [0.717, 1.165) is 25.3 Å². The number of ketones is 2. The third-order valence-electron chi connectivity index (χ3n) is 4.54. The van der Waals surface area contributed by atoms with Gasteiger partial charge in [-0.15, -0.1) is 0 Å². The van der Waals surface area contributed by atoms with Crippen molar-refractivity contribution < 1.29 is 9.59 Å². The number of carbonyl (C=O) groups is 2. The average Bonchev–Trinajstić information content (AvgIpc) is 3.38. The molecule has 2 aliphatic heterocycles. The zero-order valence-corrected chi connectivity index (χ0v) is 14.1. The van der Waals surface area contributed by atoms with Gasteiger partial charge in [-0.05, 0) is 41.9 Å². The van der Waals surface area contributed by atoms with Crippen molar-refractivity contribution in [3.8, 4) is 0 Å². The highest BCUT2D eigenvalue weighted by molar-refractivity contribution is 9.12. The first-order chi connectivity index (χ1) is 10.5. The van der Waals surface area contributed by atoms with E-state index in [4.69, 9.17) is 0 Å². The standard InChI is InChI=1S/C16H16BrN3O2/c1-8-5-19(8)7-10-3-4-11-13(18-10)16(22)12(17)14(15(11)21)20-6-9(20)2/h3-4,8-9H,5-7H2,1-2H3. The van der Waals surface area contributed by atoms with Crippen molar-refractivity contribution in [2.45, 2.75) is 32.5 Å². The fourth-order valence-electron chi connectivity index (χ4n) is 2.91. The minimum absolute atomic E-state index is 0.107. The number of aromatic nitrogens is 1. The Labute approximate surface area is 137 Å². The number of pyridine rings is 1. The van der Waals surface area contributed by atoms with Gasteiger partial charge in [0.2, 0.25) is 11.6 Å². The molecule has 0 bridgehead atoms. The van der Waals surface area contributed by atoms with Crippen molar-refractivity contribution in [1.82, 2.24) is 14.8 Å². The molecule has 4 rings (SSSR count). The molecule has 1 aromatic heterocycles. The van der Waals surface area contributed by atoms with E-state index in [9.17, 15) is 9.59 Å². The number of hydrogen-bond donors (Lipinski definition) is 0. The van der Waals surface area contributed by atoms with E-state index >= 15 is 0 Å². The highest BCUT2D eigenvalue weighted by Crippen LogP contribution is 2.36. The van der Waals surface area contributed by atoms with Crippen LogP contribution in [0.25, 0.3) is 0 Å². The predicted octanol–water partition coefficient (Wildman–Crippen LogP) is 1.98. The third kappa shape index (κ3) is 2.13. The molecule has 3 heterocycles. The van der Waals surface area contributed by atoms with Crippen LogP contribution < -0.4 is 0 Å².